The Morgan fingerprint density at radius 1 is 1.48 bits per heavy atom. The van der Waals surface area contributed by atoms with E-state index in [9.17, 15) is 4.79 Å². The normalized spacial score (nSPS) is 10.1. The molecule has 1 aromatic carbocycles. The highest BCUT2D eigenvalue weighted by atomic mass is 79.9. The summed E-state index contributed by atoms with van der Waals surface area (Å²) >= 11 is 3.36. The molecule has 108 valence electrons. The molecule has 7 nitrogen and oxygen atoms in total. The van der Waals surface area contributed by atoms with Crippen molar-refractivity contribution in [2.24, 2.45) is 5.73 Å². The van der Waals surface area contributed by atoms with Gasteiger partial charge in [0.1, 0.15) is 11.4 Å². The van der Waals surface area contributed by atoms with E-state index >= 15 is 0 Å². The average molecular weight is 350 g/mol. The van der Waals surface area contributed by atoms with Crippen molar-refractivity contribution in [1.82, 2.24) is 15.4 Å². The molecular weight excluding hydrogens is 338 g/mol. The van der Waals surface area contributed by atoms with Crippen molar-refractivity contribution < 1.29 is 9.53 Å². The molecule has 0 aliphatic rings. The Morgan fingerprint density at radius 2 is 2.29 bits per heavy atom. The van der Waals surface area contributed by atoms with Crippen LogP contribution in [-0.4, -0.2) is 27.9 Å². The summed E-state index contributed by atoms with van der Waals surface area (Å²) in [4.78, 5) is 11.4. The van der Waals surface area contributed by atoms with Crippen LogP contribution in [0.4, 0.5) is 0 Å². The number of benzene rings is 1. The lowest BCUT2D eigenvalue weighted by molar-refractivity contribution is 0.0996. The van der Waals surface area contributed by atoms with Crippen molar-refractivity contribution in [2.45, 2.75) is 12.8 Å². The Bertz CT molecular complexity index is 692. The second-order valence-corrected chi connectivity index (χ2v) is 5.05. The van der Waals surface area contributed by atoms with E-state index in [1.54, 1.807) is 12.1 Å². The zero-order valence-corrected chi connectivity index (χ0v) is 12.6. The SMILES string of the molecule is N#CCCCOc1ccc(Br)cc1-c1n[nH]nc1C(N)=O. The van der Waals surface area contributed by atoms with Gasteiger partial charge >= 0.3 is 0 Å². The quantitative estimate of drug-likeness (QED) is 0.773. The van der Waals surface area contributed by atoms with Crippen LogP contribution in [0.15, 0.2) is 22.7 Å². The highest BCUT2D eigenvalue weighted by Crippen LogP contribution is 2.33. The fraction of sp³-hybridized carbons (Fsp3) is 0.231. The number of hydrogen-bond acceptors (Lipinski definition) is 5. The number of aromatic amines is 1. The van der Waals surface area contributed by atoms with Crippen LogP contribution in [0.2, 0.25) is 0 Å². The van der Waals surface area contributed by atoms with Gasteiger partial charge in [-0.05, 0) is 24.6 Å². The highest BCUT2D eigenvalue weighted by molar-refractivity contribution is 9.10. The molecule has 1 aromatic heterocycles. The van der Waals surface area contributed by atoms with Crippen LogP contribution in [0.5, 0.6) is 5.75 Å². The van der Waals surface area contributed by atoms with Gasteiger partial charge in [0.2, 0.25) is 0 Å². The third kappa shape index (κ3) is 3.58. The van der Waals surface area contributed by atoms with Gasteiger partial charge in [-0.15, -0.1) is 0 Å². The lowest BCUT2D eigenvalue weighted by Gasteiger charge is -2.10. The minimum Gasteiger partial charge on any atom is -0.493 e. The van der Waals surface area contributed by atoms with Crippen LogP contribution in [0, 0.1) is 11.3 Å². The molecule has 0 fully saturated rings. The number of carbonyl (C=O) groups excluding carboxylic acids is 1. The van der Waals surface area contributed by atoms with Crippen molar-refractivity contribution in [3.8, 4) is 23.1 Å². The molecule has 0 radical (unpaired) electrons. The maximum absolute atomic E-state index is 11.4. The smallest absolute Gasteiger partial charge is 0.271 e. The first-order valence-electron chi connectivity index (χ1n) is 6.13. The summed E-state index contributed by atoms with van der Waals surface area (Å²) in [5.41, 5.74) is 6.26. The number of rotatable bonds is 6. The minimum absolute atomic E-state index is 0.0509. The highest BCUT2D eigenvalue weighted by Gasteiger charge is 2.19. The van der Waals surface area contributed by atoms with E-state index in [1.807, 2.05) is 6.07 Å². The van der Waals surface area contributed by atoms with Gasteiger partial charge in [-0.25, -0.2) is 0 Å². The van der Waals surface area contributed by atoms with Crippen LogP contribution >= 0.6 is 15.9 Å². The molecule has 0 bridgehead atoms. The molecule has 1 amide bonds. The Balaban J connectivity index is 2.33. The fourth-order valence-electron chi connectivity index (χ4n) is 1.74. The van der Waals surface area contributed by atoms with E-state index in [0.29, 0.717) is 36.5 Å². The van der Waals surface area contributed by atoms with Gasteiger partial charge in [-0.3, -0.25) is 4.79 Å². The van der Waals surface area contributed by atoms with Crippen LogP contribution in [0.1, 0.15) is 23.3 Å². The van der Waals surface area contributed by atoms with Gasteiger partial charge in [-0.2, -0.15) is 20.7 Å². The van der Waals surface area contributed by atoms with E-state index < -0.39 is 5.91 Å². The average Bonchev–Trinajstić information content (AvgIpc) is 2.94. The summed E-state index contributed by atoms with van der Waals surface area (Å²) in [6.45, 7) is 0.395. The summed E-state index contributed by atoms with van der Waals surface area (Å²) in [5, 5.41) is 18.6. The first-order valence-corrected chi connectivity index (χ1v) is 6.93. The number of nitriles is 1. The molecule has 0 saturated heterocycles. The Labute approximate surface area is 129 Å². The number of ether oxygens (including phenoxy) is 1. The third-order valence-electron chi connectivity index (χ3n) is 2.67. The number of nitrogens with zero attached hydrogens (tertiary/aromatic N) is 3. The number of amides is 1. The maximum atomic E-state index is 11.4. The van der Waals surface area contributed by atoms with E-state index in [-0.39, 0.29) is 5.69 Å². The molecule has 0 aliphatic heterocycles. The maximum Gasteiger partial charge on any atom is 0.271 e. The van der Waals surface area contributed by atoms with Gasteiger partial charge in [0.15, 0.2) is 5.69 Å². The summed E-state index contributed by atoms with van der Waals surface area (Å²) in [6.07, 6.45) is 1.04. The van der Waals surface area contributed by atoms with Gasteiger partial charge in [0.05, 0.1) is 12.7 Å². The van der Waals surface area contributed by atoms with Crippen LogP contribution in [-0.2, 0) is 0 Å². The Hall–Kier alpha value is -2.40. The number of carbonyl (C=O) groups is 1. The molecule has 0 aliphatic carbocycles. The molecule has 8 heteroatoms. The van der Waals surface area contributed by atoms with Gasteiger partial charge in [0, 0.05) is 16.5 Å². The lowest BCUT2D eigenvalue weighted by Crippen LogP contribution is -2.13. The predicted molar refractivity (Wildman–Crippen MR) is 78.4 cm³/mol. The summed E-state index contributed by atoms with van der Waals surface area (Å²) in [7, 11) is 0. The van der Waals surface area contributed by atoms with Crippen LogP contribution < -0.4 is 10.5 Å². The van der Waals surface area contributed by atoms with Crippen molar-refractivity contribution in [1.29, 1.82) is 5.26 Å². The first kappa shape index (κ1) is 15.0. The summed E-state index contributed by atoms with van der Waals surface area (Å²) < 4.78 is 6.45. The number of H-pyrrole nitrogens is 1. The number of nitrogens with one attached hydrogen (secondary N) is 1. The van der Waals surface area contributed by atoms with Gasteiger partial charge in [-0.1, -0.05) is 15.9 Å². The lowest BCUT2D eigenvalue weighted by atomic mass is 10.1. The molecule has 3 N–H and O–H groups in total. The van der Waals surface area contributed by atoms with Crippen molar-refractivity contribution >= 4 is 21.8 Å². The van der Waals surface area contributed by atoms with E-state index in [1.165, 1.54) is 0 Å². The van der Waals surface area contributed by atoms with Crippen molar-refractivity contribution in [2.75, 3.05) is 6.61 Å². The molecule has 2 aromatic rings. The molecule has 0 saturated carbocycles. The number of aromatic nitrogens is 3. The van der Waals surface area contributed by atoms with Crippen LogP contribution in [0.25, 0.3) is 11.3 Å². The van der Waals surface area contributed by atoms with Crippen LogP contribution in [0.3, 0.4) is 0 Å². The largest absolute Gasteiger partial charge is 0.493 e. The predicted octanol–water partition coefficient (Wildman–Crippen LogP) is 2.02. The molecule has 0 atom stereocenters. The summed E-state index contributed by atoms with van der Waals surface area (Å²) in [5.74, 6) is -0.123. The molecule has 0 unspecified atom stereocenters. The Morgan fingerprint density at radius 3 is 3.00 bits per heavy atom. The second-order valence-electron chi connectivity index (χ2n) is 4.14. The molecule has 2 rings (SSSR count). The number of halogens is 1. The monoisotopic (exact) mass is 349 g/mol. The standard InChI is InChI=1S/C13H12BrN5O2/c14-8-3-4-10(21-6-2-1-5-15)9(7-8)11-12(13(16)20)18-19-17-11/h3-4,7H,1-2,6H2,(H2,16,20)(H,17,18,19). The summed E-state index contributed by atoms with van der Waals surface area (Å²) in [6, 6.07) is 7.39. The van der Waals surface area contributed by atoms with E-state index in [4.69, 9.17) is 15.7 Å². The zero-order chi connectivity index (χ0) is 15.2. The first-order chi connectivity index (χ1) is 10.1. The number of hydrogen-bond donors (Lipinski definition) is 2. The van der Waals surface area contributed by atoms with E-state index in [0.717, 1.165) is 4.47 Å². The van der Waals surface area contributed by atoms with Crippen molar-refractivity contribution in [3.63, 3.8) is 0 Å². The van der Waals surface area contributed by atoms with Gasteiger partial charge < -0.3 is 10.5 Å². The van der Waals surface area contributed by atoms with Crippen molar-refractivity contribution in [3.05, 3.63) is 28.4 Å². The fourth-order valence-corrected chi connectivity index (χ4v) is 2.10. The third-order valence-corrected chi connectivity index (χ3v) is 3.16. The Kier molecular flexibility index (Phi) is 4.90. The van der Waals surface area contributed by atoms with E-state index in [2.05, 4.69) is 37.4 Å². The molecule has 1 heterocycles. The minimum atomic E-state index is -0.672. The zero-order valence-electron chi connectivity index (χ0n) is 11.0. The number of primary amides is 1. The molecule has 0 spiro atoms. The molecule has 21 heavy (non-hydrogen) atoms. The van der Waals surface area contributed by atoms with Gasteiger partial charge in [0.25, 0.3) is 5.91 Å². The second kappa shape index (κ2) is 6.85. The topological polar surface area (TPSA) is 118 Å². The molecular formula is C13H12BrN5O2. The number of unbranched alkanes of at least 4 members (excludes halogenated alkanes) is 1. The number of nitrogens with two attached hydrogens (primary N) is 1.